The fourth-order valence-corrected chi connectivity index (χ4v) is 5.33. The van der Waals surface area contributed by atoms with Crippen molar-refractivity contribution in [3.05, 3.63) is 59.9 Å². The molecular formula is C23H29FN2O3S. The monoisotopic (exact) mass is 432 g/mol. The van der Waals surface area contributed by atoms with Gasteiger partial charge >= 0.3 is 0 Å². The zero-order valence-corrected chi connectivity index (χ0v) is 18.4. The van der Waals surface area contributed by atoms with Crippen LogP contribution in [0.4, 0.5) is 10.1 Å². The first-order valence-electron chi connectivity index (χ1n) is 10.4. The van der Waals surface area contributed by atoms with Crippen molar-refractivity contribution in [1.82, 2.24) is 4.31 Å². The van der Waals surface area contributed by atoms with Gasteiger partial charge in [-0.3, -0.25) is 4.79 Å². The Bertz CT molecular complexity index is 968. The Labute approximate surface area is 178 Å². The first kappa shape index (κ1) is 22.4. The third kappa shape index (κ3) is 5.46. The molecular weight excluding hydrogens is 403 g/mol. The number of Topliss-reactive ketones (excluding diaryl/α,β-unsaturated/α-hetero) is 1. The van der Waals surface area contributed by atoms with Gasteiger partial charge in [0.1, 0.15) is 11.6 Å². The minimum Gasteiger partial charge on any atom is -0.372 e. The lowest BCUT2D eigenvalue weighted by atomic mass is 10.1. The molecule has 1 heterocycles. The fraction of sp³-hybridized carbons (Fsp3) is 0.435. The van der Waals surface area contributed by atoms with Crippen LogP contribution in [0.1, 0.15) is 38.7 Å². The number of sulfonamides is 1. The molecule has 0 unspecified atom stereocenters. The Hall–Kier alpha value is -2.25. The fourth-order valence-electron chi connectivity index (χ4n) is 3.71. The van der Waals surface area contributed by atoms with Crippen LogP contribution >= 0.6 is 0 Å². The molecule has 7 heteroatoms. The molecule has 0 spiro atoms. The maximum atomic E-state index is 13.2. The van der Waals surface area contributed by atoms with Crippen molar-refractivity contribution in [1.29, 1.82) is 0 Å². The quantitative estimate of drug-likeness (QED) is 0.600. The summed E-state index contributed by atoms with van der Waals surface area (Å²) in [6.45, 7) is 5.39. The van der Waals surface area contributed by atoms with E-state index in [0.29, 0.717) is 6.42 Å². The van der Waals surface area contributed by atoms with Crippen LogP contribution in [0.5, 0.6) is 0 Å². The van der Waals surface area contributed by atoms with Gasteiger partial charge in [-0.05, 0) is 75.1 Å². The average Bonchev–Trinajstić information content (AvgIpc) is 3.25. The predicted octanol–water partition coefficient (Wildman–Crippen LogP) is 4.03. The van der Waals surface area contributed by atoms with Gasteiger partial charge in [0.25, 0.3) is 0 Å². The summed E-state index contributed by atoms with van der Waals surface area (Å²) in [4.78, 5) is 15.0. The summed E-state index contributed by atoms with van der Waals surface area (Å²) in [5.41, 5.74) is 2.25. The van der Waals surface area contributed by atoms with Crippen molar-refractivity contribution in [2.75, 3.05) is 24.5 Å². The third-order valence-electron chi connectivity index (χ3n) is 5.40. The number of carbonyl (C=O) groups is 1. The van der Waals surface area contributed by atoms with Crippen molar-refractivity contribution in [2.24, 2.45) is 0 Å². The number of hydrogen-bond donors (Lipinski definition) is 0. The highest BCUT2D eigenvalue weighted by atomic mass is 32.2. The van der Waals surface area contributed by atoms with Crippen molar-refractivity contribution in [2.45, 2.75) is 50.5 Å². The predicted molar refractivity (Wildman–Crippen MR) is 117 cm³/mol. The summed E-state index contributed by atoms with van der Waals surface area (Å²) < 4.78 is 40.2. The molecule has 5 nitrogen and oxygen atoms in total. The van der Waals surface area contributed by atoms with Crippen molar-refractivity contribution in [3.8, 4) is 0 Å². The molecule has 1 saturated heterocycles. The van der Waals surface area contributed by atoms with Crippen LogP contribution in [0.15, 0.2) is 53.4 Å². The normalized spacial score (nSPS) is 14.6. The smallest absolute Gasteiger partial charge is 0.243 e. The number of ketones is 1. The van der Waals surface area contributed by atoms with Crippen LogP contribution in [0, 0.1) is 5.82 Å². The number of benzene rings is 2. The average molecular weight is 433 g/mol. The SMILES string of the molecule is CC(C)N(CC(=O)CCc1cccc(N2CCCC2)c1)S(=O)(=O)c1ccc(F)cc1. The molecule has 0 amide bonds. The van der Waals surface area contributed by atoms with Gasteiger partial charge in [0.15, 0.2) is 0 Å². The molecule has 0 bridgehead atoms. The van der Waals surface area contributed by atoms with E-state index in [1.807, 2.05) is 12.1 Å². The van der Waals surface area contributed by atoms with Crippen LogP contribution in [-0.2, 0) is 21.2 Å². The molecule has 0 atom stereocenters. The largest absolute Gasteiger partial charge is 0.372 e. The first-order valence-corrected chi connectivity index (χ1v) is 11.8. The van der Waals surface area contributed by atoms with Gasteiger partial charge in [0.2, 0.25) is 10.0 Å². The van der Waals surface area contributed by atoms with Crippen LogP contribution in [0.25, 0.3) is 0 Å². The van der Waals surface area contributed by atoms with Gasteiger partial charge < -0.3 is 4.90 Å². The number of aryl methyl sites for hydroxylation is 1. The van der Waals surface area contributed by atoms with Crippen LogP contribution in [-0.4, -0.2) is 44.2 Å². The molecule has 3 rings (SSSR count). The molecule has 1 aliphatic rings. The van der Waals surface area contributed by atoms with E-state index in [9.17, 15) is 17.6 Å². The minimum absolute atomic E-state index is 0.0104. The topological polar surface area (TPSA) is 57.7 Å². The molecule has 162 valence electrons. The summed E-state index contributed by atoms with van der Waals surface area (Å²) >= 11 is 0. The van der Waals surface area contributed by atoms with Gasteiger partial charge in [0.05, 0.1) is 11.4 Å². The molecule has 0 aromatic heterocycles. The first-order chi connectivity index (χ1) is 14.3. The lowest BCUT2D eigenvalue weighted by Gasteiger charge is -2.25. The second-order valence-corrected chi connectivity index (χ2v) is 9.89. The maximum Gasteiger partial charge on any atom is 0.243 e. The Morgan fingerprint density at radius 2 is 1.77 bits per heavy atom. The number of rotatable bonds is 9. The number of nitrogens with zero attached hydrogens (tertiary/aromatic N) is 2. The molecule has 0 aliphatic carbocycles. The molecule has 1 aliphatic heterocycles. The maximum absolute atomic E-state index is 13.2. The van der Waals surface area contributed by atoms with Gasteiger partial charge in [-0.15, -0.1) is 0 Å². The Kier molecular flexibility index (Phi) is 7.26. The zero-order valence-electron chi connectivity index (χ0n) is 17.6. The lowest BCUT2D eigenvalue weighted by molar-refractivity contribution is -0.119. The standard InChI is InChI=1S/C23H29FN2O3S/c1-18(2)26(30(28,29)23-12-9-20(24)10-13-23)17-22(27)11-8-19-6-5-7-21(16-19)25-14-3-4-15-25/h5-7,9-10,12-13,16,18H,3-4,8,11,14-15,17H2,1-2H3. The molecule has 0 saturated carbocycles. The van der Waals surface area contributed by atoms with E-state index in [1.54, 1.807) is 13.8 Å². The lowest BCUT2D eigenvalue weighted by Crippen LogP contribution is -2.40. The highest BCUT2D eigenvalue weighted by Gasteiger charge is 2.28. The number of hydrogen-bond acceptors (Lipinski definition) is 4. The van der Waals surface area contributed by atoms with Crippen LogP contribution in [0.2, 0.25) is 0 Å². The zero-order chi connectivity index (χ0) is 21.7. The van der Waals surface area contributed by atoms with Crippen molar-refractivity contribution >= 4 is 21.5 Å². The van der Waals surface area contributed by atoms with E-state index in [1.165, 1.54) is 35.0 Å². The summed E-state index contributed by atoms with van der Waals surface area (Å²) in [6.07, 6.45) is 3.25. The summed E-state index contributed by atoms with van der Waals surface area (Å²) in [7, 11) is -3.87. The Morgan fingerprint density at radius 3 is 2.40 bits per heavy atom. The van der Waals surface area contributed by atoms with E-state index in [0.717, 1.165) is 30.8 Å². The molecule has 1 fully saturated rings. The van der Waals surface area contributed by atoms with Crippen molar-refractivity contribution in [3.63, 3.8) is 0 Å². The van der Waals surface area contributed by atoms with Gasteiger partial charge in [-0.25, -0.2) is 12.8 Å². The van der Waals surface area contributed by atoms with E-state index in [2.05, 4.69) is 17.0 Å². The summed E-state index contributed by atoms with van der Waals surface area (Å²) in [6, 6.07) is 12.5. The Morgan fingerprint density at radius 1 is 1.10 bits per heavy atom. The highest BCUT2D eigenvalue weighted by Crippen LogP contribution is 2.22. The molecule has 2 aromatic carbocycles. The number of carbonyl (C=O) groups excluding carboxylic acids is 1. The summed E-state index contributed by atoms with van der Waals surface area (Å²) in [5.74, 6) is -0.641. The van der Waals surface area contributed by atoms with Gasteiger partial charge in [-0.1, -0.05) is 12.1 Å². The number of halogens is 1. The Balaban J connectivity index is 1.64. The van der Waals surface area contributed by atoms with Crippen molar-refractivity contribution < 1.29 is 17.6 Å². The van der Waals surface area contributed by atoms with Gasteiger partial charge in [-0.2, -0.15) is 4.31 Å². The molecule has 30 heavy (non-hydrogen) atoms. The van der Waals surface area contributed by atoms with Gasteiger partial charge in [0, 0.05) is 31.2 Å². The molecule has 2 aromatic rings. The second-order valence-electron chi connectivity index (χ2n) is 8.00. The number of anilines is 1. The van der Waals surface area contributed by atoms with E-state index in [4.69, 9.17) is 0 Å². The summed E-state index contributed by atoms with van der Waals surface area (Å²) in [5, 5.41) is 0. The molecule has 0 radical (unpaired) electrons. The van der Waals surface area contributed by atoms with E-state index in [-0.39, 0.29) is 29.7 Å². The van der Waals surface area contributed by atoms with Crippen LogP contribution < -0.4 is 4.90 Å². The third-order valence-corrected chi connectivity index (χ3v) is 7.44. The van der Waals surface area contributed by atoms with E-state index < -0.39 is 15.8 Å². The van der Waals surface area contributed by atoms with E-state index >= 15 is 0 Å². The van der Waals surface area contributed by atoms with Crippen LogP contribution in [0.3, 0.4) is 0 Å². The highest BCUT2D eigenvalue weighted by molar-refractivity contribution is 7.89. The second kappa shape index (κ2) is 9.71. The minimum atomic E-state index is -3.87. The molecule has 0 N–H and O–H groups in total.